The van der Waals surface area contributed by atoms with Gasteiger partial charge in [0.1, 0.15) is 6.10 Å². The number of ether oxygens (including phenoxy) is 1. The highest BCUT2D eigenvalue weighted by Gasteiger charge is 2.28. The van der Waals surface area contributed by atoms with E-state index in [9.17, 15) is 4.79 Å². The molecular weight excluding hydrogens is 320 g/mol. The summed E-state index contributed by atoms with van der Waals surface area (Å²) >= 11 is 0. The number of hydrogen-bond donors (Lipinski definition) is 0. The summed E-state index contributed by atoms with van der Waals surface area (Å²) in [5.41, 5.74) is 3.40. The molecule has 25 heavy (non-hydrogen) atoms. The molecule has 3 aromatic heterocycles. The topological polar surface area (TPSA) is 81.4 Å². The number of aryl methyl sites for hydroxylation is 2. The largest absolute Gasteiger partial charge is 0.370 e. The molecule has 1 amide bonds. The van der Waals surface area contributed by atoms with E-state index >= 15 is 0 Å². The van der Waals surface area contributed by atoms with Crippen LogP contribution in [0.15, 0.2) is 35.1 Å². The molecule has 7 heteroatoms. The van der Waals surface area contributed by atoms with E-state index in [2.05, 4.69) is 15.1 Å². The van der Waals surface area contributed by atoms with Crippen molar-refractivity contribution < 1.29 is 14.1 Å². The minimum atomic E-state index is -0.150. The van der Waals surface area contributed by atoms with Gasteiger partial charge >= 0.3 is 0 Å². The highest BCUT2D eigenvalue weighted by Crippen LogP contribution is 2.26. The fraction of sp³-hybridized carbons (Fsp3) is 0.333. The van der Waals surface area contributed by atoms with Crippen molar-refractivity contribution in [3.05, 3.63) is 53.1 Å². The molecule has 1 aliphatic heterocycles. The lowest BCUT2D eigenvalue weighted by atomic mass is 10.1. The second-order valence-corrected chi connectivity index (χ2v) is 6.15. The Hall–Kier alpha value is -2.80. The fourth-order valence-corrected chi connectivity index (χ4v) is 3.17. The van der Waals surface area contributed by atoms with Crippen LogP contribution < -0.4 is 0 Å². The van der Waals surface area contributed by atoms with E-state index in [1.807, 2.05) is 30.9 Å². The van der Waals surface area contributed by atoms with Crippen molar-refractivity contribution in [3.8, 4) is 0 Å². The SMILES string of the molecule is Cc1cc(C(=O)N2CCO[C@@H](c3ccncc3)C2)c2c(C)noc2n1. The third kappa shape index (κ3) is 2.87. The molecule has 0 spiro atoms. The number of rotatable bonds is 2. The number of hydrogen-bond acceptors (Lipinski definition) is 6. The molecule has 1 atom stereocenters. The number of carbonyl (C=O) groups excluding carboxylic acids is 1. The zero-order valence-corrected chi connectivity index (χ0v) is 14.1. The molecule has 0 radical (unpaired) electrons. The Morgan fingerprint density at radius 3 is 2.88 bits per heavy atom. The standard InChI is InChI=1S/C18H18N4O3/c1-11-9-14(16-12(2)21-25-17(16)20-11)18(23)22-7-8-24-15(10-22)13-3-5-19-6-4-13/h3-6,9,15H,7-8,10H2,1-2H3/t15-/m1/s1. The van der Waals surface area contributed by atoms with Gasteiger partial charge in [0.2, 0.25) is 0 Å². The van der Waals surface area contributed by atoms with Gasteiger partial charge in [-0.1, -0.05) is 5.16 Å². The van der Waals surface area contributed by atoms with Gasteiger partial charge in [-0.15, -0.1) is 0 Å². The fourth-order valence-electron chi connectivity index (χ4n) is 3.17. The predicted octanol–water partition coefficient (Wildman–Crippen LogP) is 2.45. The van der Waals surface area contributed by atoms with E-state index in [1.165, 1.54) is 0 Å². The maximum absolute atomic E-state index is 13.2. The Balaban J connectivity index is 1.66. The van der Waals surface area contributed by atoms with Gasteiger partial charge in [0.15, 0.2) is 0 Å². The van der Waals surface area contributed by atoms with Crippen LogP contribution in [0.2, 0.25) is 0 Å². The zero-order valence-electron chi connectivity index (χ0n) is 14.1. The van der Waals surface area contributed by atoms with Gasteiger partial charge in [0.05, 0.1) is 29.8 Å². The van der Waals surface area contributed by atoms with Crippen molar-refractivity contribution in [2.45, 2.75) is 20.0 Å². The molecule has 4 heterocycles. The number of morpholine rings is 1. The summed E-state index contributed by atoms with van der Waals surface area (Å²) in [6, 6.07) is 5.63. The predicted molar refractivity (Wildman–Crippen MR) is 90.1 cm³/mol. The van der Waals surface area contributed by atoms with Gasteiger partial charge in [-0.3, -0.25) is 9.78 Å². The molecule has 0 saturated carbocycles. The quantitative estimate of drug-likeness (QED) is 0.714. The number of aromatic nitrogens is 3. The van der Waals surface area contributed by atoms with Crippen molar-refractivity contribution >= 4 is 17.0 Å². The lowest BCUT2D eigenvalue weighted by Gasteiger charge is -2.33. The molecule has 0 N–H and O–H groups in total. The Labute approximate surface area is 144 Å². The second-order valence-electron chi connectivity index (χ2n) is 6.15. The van der Waals surface area contributed by atoms with Crippen LogP contribution in [-0.2, 0) is 4.74 Å². The first-order valence-electron chi connectivity index (χ1n) is 8.18. The molecule has 0 aliphatic carbocycles. The maximum atomic E-state index is 13.2. The van der Waals surface area contributed by atoms with Gasteiger partial charge in [0, 0.05) is 24.6 Å². The molecule has 0 unspecified atom stereocenters. The summed E-state index contributed by atoms with van der Waals surface area (Å²) in [7, 11) is 0. The van der Waals surface area contributed by atoms with Crippen LogP contribution in [0.25, 0.3) is 11.1 Å². The van der Waals surface area contributed by atoms with Crippen molar-refractivity contribution in [3.63, 3.8) is 0 Å². The van der Waals surface area contributed by atoms with Crippen LogP contribution in [0.4, 0.5) is 0 Å². The molecule has 7 nitrogen and oxygen atoms in total. The first-order chi connectivity index (χ1) is 12.1. The Kier molecular flexibility index (Phi) is 3.93. The van der Waals surface area contributed by atoms with Gasteiger partial charge in [0.25, 0.3) is 11.6 Å². The molecule has 4 rings (SSSR count). The van der Waals surface area contributed by atoms with Gasteiger partial charge in [-0.2, -0.15) is 0 Å². The average Bonchev–Trinajstić information content (AvgIpc) is 3.02. The summed E-state index contributed by atoms with van der Waals surface area (Å²) < 4.78 is 11.1. The average molecular weight is 338 g/mol. The van der Waals surface area contributed by atoms with Crippen LogP contribution in [0.1, 0.15) is 33.4 Å². The van der Waals surface area contributed by atoms with Crippen molar-refractivity contribution in [2.75, 3.05) is 19.7 Å². The number of amides is 1. The first kappa shape index (κ1) is 15.7. The number of pyridine rings is 2. The number of carbonyl (C=O) groups is 1. The molecule has 1 saturated heterocycles. The molecule has 0 aromatic carbocycles. The van der Waals surface area contributed by atoms with Crippen LogP contribution in [-0.4, -0.2) is 45.6 Å². The van der Waals surface area contributed by atoms with E-state index < -0.39 is 0 Å². The Morgan fingerprint density at radius 2 is 2.08 bits per heavy atom. The molecular formula is C18H18N4O3. The smallest absolute Gasteiger partial charge is 0.258 e. The third-order valence-corrected chi connectivity index (χ3v) is 4.41. The van der Waals surface area contributed by atoms with Crippen molar-refractivity contribution in [2.24, 2.45) is 0 Å². The minimum Gasteiger partial charge on any atom is -0.370 e. The summed E-state index contributed by atoms with van der Waals surface area (Å²) in [6.07, 6.45) is 3.31. The van der Waals surface area contributed by atoms with E-state index in [0.717, 1.165) is 11.3 Å². The Morgan fingerprint density at radius 1 is 1.28 bits per heavy atom. The summed E-state index contributed by atoms with van der Waals surface area (Å²) in [6.45, 7) is 5.20. The maximum Gasteiger partial charge on any atom is 0.258 e. The van der Waals surface area contributed by atoms with Crippen molar-refractivity contribution in [1.82, 2.24) is 20.0 Å². The van der Waals surface area contributed by atoms with Crippen LogP contribution in [0, 0.1) is 13.8 Å². The van der Waals surface area contributed by atoms with Gasteiger partial charge < -0.3 is 14.2 Å². The second kappa shape index (κ2) is 6.25. The molecule has 0 bridgehead atoms. The van der Waals surface area contributed by atoms with Gasteiger partial charge in [-0.05, 0) is 37.6 Å². The summed E-state index contributed by atoms with van der Waals surface area (Å²) in [5, 5.41) is 4.63. The summed E-state index contributed by atoms with van der Waals surface area (Å²) in [4.78, 5) is 23.3. The highest BCUT2D eigenvalue weighted by molar-refractivity contribution is 6.06. The highest BCUT2D eigenvalue weighted by atomic mass is 16.5. The van der Waals surface area contributed by atoms with E-state index in [0.29, 0.717) is 42.1 Å². The van der Waals surface area contributed by atoms with Crippen LogP contribution in [0.5, 0.6) is 0 Å². The molecule has 128 valence electrons. The molecule has 1 aliphatic rings. The Bertz CT molecular complexity index is 923. The van der Waals surface area contributed by atoms with Crippen molar-refractivity contribution in [1.29, 1.82) is 0 Å². The molecule has 1 fully saturated rings. The lowest BCUT2D eigenvalue weighted by molar-refractivity contribution is -0.0227. The zero-order chi connectivity index (χ0) is 17.4. The van der Waals surface area contributed by atoms with E-state index in [1.54, 1.807) is 18.5 Å². The number of fused-ring (bicyclic) bond motifs is 1. The third-order valence-electron chi connectivity index (χ3n) is 4.41. The van der Waals surface area contributed by atoms with Crippen LogP contribution in [0.3, 0.4) is 0 Å². The van der Waals surface area contributed by atoms with E-state index in [4.69, 9.17) is 9.26 Å². The minimum absolute atomic E-state index is 0.0517. The number of nitrogens with zero attached hydrogens (tertiary/aromatic N) is 4. The van der Waals surface area contributed by atoms with E-state index in [-0.39, 0.29) is 12.0 Å². The van der Waals surface area contributed by atoms with Crippen LogP contribution >= 0.6 is 0 Å². The lowest BCUT2D eigenvalue weighted by Crippen LogP contribution is -2.42. The summed E-state index contributed by atoms with van der Waals surface area (Å²) in [5.74, 6) is -0.0517. The monoisotopic (exact) mass is 338 g/mol. The normalized spacial score (nSPS) is 17.8. The first-order valence-corrected chi connectivity index (χ1v) is 8.18. The van der Waals surface area contributed by atoms with Gasteiger partial charge in [-0.25, -0.2) is 4.98 Å². The molecule has 3 aromatic rings.